The van der Waals surface area contributed by atoms with Gasteiger partial charge in [0, 0.05) is 5.69 Å². The van der Waals surface area contributed by atoms with Gasteiger partial charge >= 0.3 is 17.8 Å². The van der Waals surface area contributed by atoms with Gasteiger partial charge in [-0.1, -0.05) is 6.07 Å². The molecule has 7 heteroatoms. The lowest BCUT2D eigenvalue weighted by Crippen LogP contribution is -2.29. The Morgan fingerprint density at radius 2 is 1.58 bits per heavy atom. The molecule has 7 nitrogen and oxygen atoms in total. The lowest BCUT2D eigenvalue weighted by Gasteiger charge is -2.09. The normalized spacial score (nSPS) is 9.92. The fraction of sp³-hybridized carbons (Fsp3) is 0.118. The minimum Gasteiger partial charge on any atom is -0.465 e. The van der Waals surface area contributed by atoms with Gasteiger partial charge in [0.25, 0.3) is 0 Å². The van der Waals surface area contributed by atoms with Gasteiger partial charge < -0.3 is 21.1 Å². The van der Waals surface area contributed by atoms with E-state index >= 15 is 0 Å². The van der Waals surface area contributed by atoms with Crippen molar-refractivity contribution >= 4 is 34.8 Å². The molecule has 2 amide bonds. The van der Waals surface area contributed by atoms with Crippen molar-refractivity contribution in [2.45, 2.75) is 6.92 Å². The van der Waals surface area contributed by atoms with Gasteiger partial charge in [0.1, 0.15) is 0 Å². The maximum absolute atomic E-state index is 11.9. The van der Waals surface area contributed by atoms with Crippen LogP contribution in [0, 0.1) is 6.92 Å². The number of hydrogen-bond acceptors (Lipinski definition) is 5. The second-order valence-corrected chi connectivity index (χ2v) is 5.07. The van der Waals surface area contributed by atoms with Gasteiger partial charge in [-0.15, -0.1) is 0 Å². The summed E-state index contributed by atoms with van der Waals surface area (Å²) in [7, 11) is 1.28. The largest absolute Gasteiger partial charge is 0.465 e. The Kier molecular flexibility index (Phi) is 5.16. The summed E-state index contributed by atoms with van der Waals surface area (Å²) in [6.45, 7) is 1.87. The second-order valence-electron chi connectivity index (χ2n) is 5.07. The Bertz CT molecular complexity index is 785. The van der Waals surface area contributed by atoms with E-state index in [-0.39, 0.29) is 0 Å². The van der Waals surface area contributed by atoms with Crippen molar-refractivity contribution in [3.05, 3.63) is 53.6 Å². The standard InChI is InChI=1S/C17H17N3O4/c1-10-3-8-14(13(18)9-10)20-16(22)15(21)19-12-6-4-11(5-7-12)17(23)24-2/h3-9H,18H2,1-2H3,(H,19,21)(H,20,22). The first-order chi connectivity index (χ1) is 11.4. The number of anilines is 3. The van der Waals surface area contributed by atoms with Crippen molar-refractivity contribution in [2.24, 2.45) is 0 Å². The summed E-state index contributed by atoms with van der Waals surface area (Å²) >= 11 is 0. The van der Waals surface area contributed by atoms with Gasteiger partial charge in [0.05, 0.1) is 24.0 Å². The van der Waals surface area contributed by atoms with Crippen LogP contribution in [-0.2, 0) is 14.3 Å². The van der Waals surface area contributed by atoms with Crippen molar-refractivity contribution in [1.82, 2.24) is 0 Å². The summed E-state index contributed by atoms with van der Waals surface area (Å²) in [5.74, 6) is -2.18. The molecule has 0 aliphatic rings. The fourth-order valence-electron chi connectivity index (χ4n) is 1.97. The molecule has 0 saturated carbocycles. The van der Waals surface area contributed by atoms with Crippen molar-refractivity contribution in [1.29, 1.82) is 0 Å². The molecule has 0 heterocycles. The molecule has 0 unspecified atom stereocenters. The summed E-state index contributed by atoms with van der Waals surface area (Å²) in [5.41, 5.74) is 8.19. The molecule has 4 N–H and O–H groups in total. The monoisotopic (exact) mass is 327 g/mol. The zero-order valence-electron chi connectivity index (χ0n) is 13.3. The number of hydrogen-bond donors (Lipinski definition) is 3. The predicted octanol–water partition coefficient (Wildman–Crippen LogP) is 1.94. The molecule has 124 valence electrons. The van der Waals surface area contributed by atoms with Crippen molar-refractivity contribution in [3.8, 4) is 0 Å². The molecule has 2 aromatic carbocycles. The van der Waals surface area contributed by atoms with E-state index in [2.05, 4.69) is 15.4 Å². The molecule has 24 heavy (non-hydrogen) atoms. The van der Waals surface area contributed by atoms with Gasteiger partial charge in [-0.25, -0.2) is 4.79 Å². The minimum atomic E-state index is -0.846. The van der Waals surface area contributed by atoms with Gasteiger partial charge in [-0.2, -0.15) is 0 Å². The first-order valence-corrected chi connectivity index (χ1v) is 7.07. The van der Waals surface area contributed by atoms with E-state index < -0.39 is 17.8 Å². The highest BCUT2D eigenvalue weighted by Crippen LogP contribution is 2.19. The maximum Gasteiger partial charge on any atom is 0.337 e. The highest BCUT2D eigenvalue weighted by atomic mass is 16.5. The van der Waals surface area contributed by atoms with E-state index in [4.69, 9.17) is 5.73 Å². The summed E-state index contributed by atoms with van der Waals surface area (Å²) in [5, 5.41) is 4.88. The van der Waals surface area contributed by atoms with Gasteiger partial charge in [0.2, 0.25) is 0 Å². The minimum absolute atomic E-state index is 0.340. The SMILES string of the molecule is COC(=O)c1ccc(NC(=O)C(=O)Nc2ccc(C)cc2N)cc1. The van der Waals surface area contributed by atoms with Crippen LogP contribution in [0.5, 0.6) is 0 Å². The zero-order valence-corrected chi connectivity index (χ0v) is 13.3. The second kappa shape index (κ2) is 7.28. The maximum atomic E-state index is 11.9. The number of aryl methyl sites for hydroxylation is 1. The van der Waals surface area contributed by atoms with Crippen LogP contribution in [0.25, 0.3) is 0 Å². The average Bonchev–Trinajstić information content (AvgIpc) is 2.57. The third-order valence-corrected chi connectivity index (χ3v) is 3.23. The number of esters is 1. The molecular formula is C17H17N3O4. The van der Waals surface area contributed by atoms with Crippen molar-refractivity contribution in [2.75, 3.05) is 23.5 Å². The summed E-state index contributed by atoms with van der Waals surface area (Å²) < 4.78 is 4.58. The quantitative estimate of drug-likeness (QED) is 0.453. The van der Waals surface area contributed by atoms with E-state index in [0.29, 0.717) is 22.6 Å². The van der Waals surface area contributed by atoms with Crippen LogP contribution in [-0.4, -0.2) is 24.9 Å². The van der Waals surface area contributed by atoms with Crippen LogP contribution in [0.3, 0.4) is 0 Å². The molecule has 0 aliphatic heterocycles. The third kappa shape index (κ3) is 4.10. The Balaban J connectivity index is 2.01. The Labute approximate surface area is 138 Å². The number of methoxy groups -OCH3 is 1. The molecule has 2 aromatic rings. The van der Waals surface area contributed by atoms with Crippen molar-refractivity contribution in [3.63, 3.8) is 0 Å². The van der Waals surface area contributed by atoms with Gasteiger partial charge in [-0.3, -0.25) is 9.59 Å². The number of carbonyl (C=O) groups excluding carboxylic acids is 3. The number of nitrogen functional groups attached to an aromatic ring is 1. The van der Waals surface area contributed by atoms with Gasteiger partial charge in [0.15, 0.2) is 0 Å². The lowest BCUT2D eigenvalue weighted by atomic mass is 10.2. The van der Waals surface area contributed by atoms with Crippen LogP contribution in [0.2, 0.25) is 0 Å². The first kappa shape index (κ1) is 17.0. The van der Waals surface area contributed by atoms with E-state index in [1.54, 1.807) is 18.2 Å². The summed E-state index contributed by atoms with van der Waals surface area (Å²) in [6.07, 6.45) is 0. The van der Waals surface area contributed by atoms with E-state index in [1.807, 2.05) is 6.92 Å². The van der Waals surface area contributed by atoms with Crippen LogP contribution < -0.4 is 16.4 Å². The van der Waals surface area contributed by atoms with Crippen LogP contribution in [0.1, 0.15) is 15.9 Å². The molecule has 0 fully saturated rings. The summed E-state index contributed by atoms with van der Waals surface area (Å²) in [6, 6.07) is 11.1. The average molecular weight is 327 g/mol. The lowest BCUT2D eigenvalue weighted by molar-refractivity contribution is -0.132. The molecule has 0 saturated heterocycles. The molecule has 2 rings (SSSR count). The molecule has 0 bridgehead atoms. The number of amides is 2. The van der Waals surface area contributed by atoms with E-state index in [9.17, 15) is 14.4 Å². The molecular weight excluding hydrogens is 310 g/mol. The predicted molar refractivity (Wildman–Crippen MR) is 90.6 cm³/mol. The topological polar surface area (TPSA) is 111 Å². The Morgan fingerprint density at radius 1 is 0.958 bits per heavy atom. The molecule has 0 spiro atoms. The Hall–Kier alpha value is -3.35. The van der Waals surface area contributed by atoms with E-state index in [1.165, 1.54) is 31.4 Å². The summed E-state index contributed by atoms with van der Waals surface area (Å²) in [4.78, 5) is 35.2. The fourth-order valence-corrected chi connectivity index (χ4v) is 1.97. The number of carbonyl (C=O) groups is 3. The Morgan fingerprint density at radius 3 is 2.17 bits per heavy atom. The first-order valence-electron chi connectivity index (χ1n) is 7.07. The van der Waals surface area contributed by atoms with E-state index in [0.717, 1.165) is 5.56 Å². The van der Waals surface area contributed by atoms with Crippen LogP contribution >= 0.6 is 0 Å². The number of nitrogens with one attached hydrogen (secondary N) is 2. The van der Waals surface area contributed by atoms with Gasteiger partial charge in [-0.05, 0) is 48.9 Å². The highest BCUT2D eigenvalue weighted by Gasteiger charge is 2.15. The molecule has 0 atom stereocenters. The number of ether oxygens (including phenoxy) is 1. The van der Waals surface area contributed by atoms with Crippen LogP contribution in [0.15, 0.2) is 42.5 Å². The number of benzene rings is 2. The number of nitrogens with two attached hydrogens (primary N) is 1. The molecule has 0 aliphatic carbocycles. The van der Waals surface area contributed by atoms with Crippen molar-refractivity contribution < 1.29 is 19.1 Å². The third-order valence-electron chi connectivity index (χ3n) is 3.23. The number of rotatable bonds is 3. The highest BCUT2D eigenvalue weighted by molar-refractivity contribution is 6.43. The van der Waals surface area contributed by atoms with Crippen LogP contribution in [0.4, 0.5) is 17.1 Å². The smallest absolute Gasteiger partial charge is 0.337 e. The molecule has 0 aromatic heterocycles. The molecule has 0 radical (unpaired) electrons. The zero-order chi connectivity index (χ0) is 17.7.